The van der Waals surface area contributed by atoms with Gasteiger partial charge in [0.05, 0.1) is 0 Å². The van der Waals surface area contributed by atoms with Gasteiger partial charge in [-0.15, -0.1) is 0 Å². The molecule has 1 aromatic rings. The van der Waals surface area contributed by atoms with Crippen molar-refractivity contribution in [1.82, 2.24) is 4.90 Å². The molecule has 4 nitrogen and oxygen atoms in total. The van der Waals surface area contributed by atoms with Gasteiger partial charge in [0, 0.05) is 6.54 Å². The quantitative estimate of drug-likeness (QED) is 0.851. The van der Waals surface area contributed by atoms with E-state index in [2.05, 4.69) is 24.3 Å². The lowest BCUT2D eigenvalue weighted by Gasteiger charge is -2.20. The first-order chi connectivity index (χ1) is 11.2. The molecule has 1 aliphatic heterocycles. The molecule has 2 aliphatic carbocycles. The molecule has 2 atom stereocenters. The minimum Gasteiger partial charge on any atom is -0.432 e. The Bertz CT molecular complexity index is 606. The van der Waals surface area contributed by atoms with E-state index in [0.717, 1.165) is 32.1 Å². The minimum atomic E-state index is -0.811. The number of carbonyl (C=O) groups excluding carboxylic acids is 2. The second kappa shape index (κ2) is 5.66. The van der Waals surface area contributed by atoms with Gasteiger partial charge in [-0.25, -0.2) is 9.69 Å². The monoisotopic (exact) mass is 313 g/mol. The Kier molecular flexibility index (Phi) is 3.63. The average molecular weight is 313 g/mol. The molecule has 1 saturated heterocycles. The van der Waals surface area contributed by atoms with Crippen molar-refractivity contribution >= 4 is 12.0 Å². The van der Waals surface area contributed by atoms with Crippen molar-refractivity contribution in [3.05, 3.63) is 35.9 Å². The van der Waals surface area contributed by atoms with Crippen molar-refractivity contribution in [2.24, 2.45) is 5.92 Å². The largest absolute Gasteiger partial charge is 0.432 e. The van der Waals surface area contributed by atoms with E-state index in [0.29, 0.717) is 31.2 Å². The number of hydrogen-bond acceptors (Lipinski definition) is 3. The summed E-state index contributed by atoms with van der Waals surface area (Å²) < 4.78 is 5.49. The van der Waals surface area contributed by atoms with Gasteiger partial charge >= 0.3 is 6.09 Å². The van der Waals surface area contributed by atoms with Gasteiger partial charge in [-0.3, -0.25) is 4.79 Å². The molecule has 4 rings (SSSR count). The third-order valence-corrected chi connectivity index (χ3v) is 5.80. The molecule has 0 radical (unpaired) electrons. The highest BCUT2D eigenvalue weighted by atomic mass is 16.6. The van der Waals surface area contributed by atoms with E-state index in [9.17, 15) is 9.59 Å². The maximum absolute atomic E-state index is 12.7. The standard InChI is InChI=1S/C19H23NO3/c21-17-19(10-4-5-11-19)23-18(22)20(17)13-14-8-9-16(12-14)15-6-2-1-3-7-15/h1-3,6-7,14,16H,4-5,8-13H2/t14-,16-/m1/s1. The van der Waals surface area contributed by atoms with E-state index < -0.39 is 11.7 Å². The van der Waals surface area contributed by atoms with Crippen LogP contribution in [0.15, 0.2) is 30.3 Å². The lowest BCUT2D eigenvalue weighted by Crippen LogP contribution is -2.40. The number of rotatable bonds is 3. The fourth-order valence-corrected chi connectivity index (χ4v) is 4.54. The molecular weight excluding hydrogens is 290 g/mol. The Morgan fingerprint density at radius 1 is 1.09 bits per heavy atom. The highest BCUT2D eigenvalue weighted by Crippen LogP contribution is 2.42. The number of hydrogen-bond donors (Lipinski definition) is 0. The molecule has 2 saturated carbocycles. The van der Waals surface area contributed by atoms with Crippen LogP contribution in [0, 0.1) is 5.92 Å². The molecule has 3 fully saturated rings. The minimum absolute atomic E-state index is 0.0804. The normalized spacial score (nSPS) is 29.5. The molecule has 0 aromatic heterocycles. The summed E-state index contributed by atoms with van der Waals surface area (Å²) in [5.41, 5.74) is 0.562. The van der Waals surface area contributed by atoms with Gasteiger partial charge in [0.2, 0.25) is 0 Å². The topological polar surface area (TPSA) is 46.6 Å². The lowest BCUT2D eigenvalue weighted by atomic mass is 9.96. The van der Waals surface area contributed by atoms with Crippen molar-refractivity contribution in [1.29, 1.82) is 0 Å². The van der Waals surface area contributed by atoms with Gasteiger partial charge < -0.3 is 4.74 Å². The summed E-state index contributed by atoms with van der Waals surface area (Å²) in [7, 11) is 0. The first kappa shape index (κ1) is 14.7. The van der Waals surface area contributed by atoms with E-state index >= 15 is 0 Å². The fraction of sp³-hybridized carbons (Fsp3) is 0.579. The van der Waals surface area contributed by atoms with Crippen LogP contribution in [-0.2, 0) is 9.53 Å². The highest BCUT2D eigenvalue weighted by Gasteiger charge is 2.55. The van der Waals surface area contributed by atoms with Crippen LogP contribution in [0.4, 0.5) is 4.79 Å². The molecule has 2 amide bonds. The molecule has 1 heterocycles. The lowest BCUT2D eigenvalue weighted by molar-refractivity contribution is -0.136. The highest BCUT2D eigenvalue weighted by molar-refractivity contribution is 6.03. The third-order valence-electron chi connectivity index (χ3n) is 5.80. The molecule has 4 heteroatoms. The zero-order valence-electron chi connectivity index (χ0n) is 13.4. The number of nitrogens with zero attached hydrogens (tertiary/aromatic N) is 1. The van der Waals surface area contributed by atoms with Crippen molar-refractivity contribution in [2.45, 2.75) is 56.5 Å². The van der Waals surface area contributed by atoms with Gasteiger partial charge in [0.15, 0.2) is 5.60 Å². The van der Waals surface area contributed by atoms with Gasteiger partial charge in [0.25, 0.3) is 5.91 Å². The third kappa shape index (κ3) is 2.54. The van der Waals surface area contributed by atoms with E-state index in [1.165, 1.54) is 10.5 Å². The van der Waals surface area contributed by atoms with Gasteiger partial charge in [0.1, 0.15) is 0 Å². The molecule has 0 bridgehead atoms. The van der Waals surface area contributed by atoms with Crippen LogP contribution in [0.3, 0.4) is 0 Å². The number of imide groups is 1. The smallest absolute Gasteiger partial charge is 0.417 e. The van der Waals surface area contributed by atoms with E-state index in [1.54, 1.807) is 0 Å². The predicted octanol–water partition coefficient (Wildman–Crippen LogP) is 3.86. The maximum Gasteiger partial charge on any atom is 0.417 e. The number of ether oxygens (including phenoxy) is 1. The molecule has 3 aliphatic rings. The first-order valence-electron chi connectivity index (χ1n) is 8.78. The summed E-state index contributed by atoms with van der Waals surface area (Å²) in [6, 6.07) is 10.5. The van der Waals surface area contributed by atoms with Crippen LogP contribution in [-0.4, -0.2) is 29.0 Å². The Morgan fingerprint density at radius 3 is 2.57 bits per heavy atom. The molecule has 122 valence electrons. The summed E-state index contributed by atoms with van der Waals surface area (Å²) in [4.78, 5) is 26.2. The predicted molar refractivity (Wildman–Crippen MR) is 85.9 cm³/mol. The van der Waals surface area contributed by atoms with Crippen LogP contribution in [0.25, 0.3) is 0 Å². The Labute approximate surface area is 136 Å². The second-order valence-electron chi connectivity index (χ2n) is 7.27. The van der Waals surface area contributed by atoms with E-state index in [4.69, 9.17) is 4.74 Å². The van der Waals surface area contributed by atoms with E-state index in [1.807, 2.05) is 6.07 Å². The number of carbonyl (C=O) groups is 2. The van der Waals surface area contributed by atoms with Crippen LogP contribution >= 0.6 is 0 Å². The van der Waals surface area contributed by atoms with E-state index in [-0.39, 0.29) is 5.91 Å². The summed E-state index contributed by atoms with van der Waals surface area (Å²) in [5.74, 6) is 0.867. The zero-order chi connectivity index (χ0) is 15.9. The Morgan fingerprint density at radius 2 is 1.83 bits per heavy atom. The van der Waals surface area contributed by atoms with Crippen molar-refractivity contribution in [2.75, 3.05) is 6.54 Å². The molecule has 0 N–H and O–H groups in total. The fourth-order valence-electron chi connectivity index (χ4n) is 4.54. The Hall–Kier alpha value is -1.84. The SMILES string of the molecule is O=C1OC2(CCCC2)C(=O)N1C[C@@H]1CC[C@@H](c2ccccc2)C1. The molecule has 1 spiro atoms. The maximum atomic E-state index is 12.7. The first-order valence-corrected chi connectivity index (χ1v) is 8.78. The average Bonchev–Trinajstić information content (AvgIpc) is 3.27. The number of benzene rings is 1. The van der Waals surface area contributed by atoms with Crippen molar-refractivity contribution in [3.8, 4) is 0 Å². The molecule has 1 aromatic carbocycles. The van der Waals surface area contributed by atoms with Gasteiger partial charge in [-0.05, 0) is 62.3 Å². The van der Waals surface area contributed by atoms with Crippen LogP contribution in [0.2, 0.25) is 0 Å². The van der Waals surface area contributed by atoms with Crippen molar-refractivity contribution < 1.29 is 14.3 Å². The van der Waals surface area contributed by atoms with Crippen LogP contribution < -0.4 is 0 Å². The summed E-state index contributed by atoms with van der Waals surface area (Å²) in [6.07, 6.45) is 6.20. The van der Waals surface area contributed by atoms with Gasteiger partial charge in [-0.2, -0.15) is 0 Å². The van der Waals surface area contributed by atoms with Crippen molar-refractivity contribution in [3.63, 3.8) is 0 Å². The Balaban J connectivity index is 1.41. The summed E-state index contributed by atoms with van der Waals surface area (Å²) in [5, 5.41) is 0. The molecular formula is C19H23NO3. The van der Waals surface area contributed by atoms with Gasteiger partial charge in [-0.1, -0.05) is 30.3 Å². The number of amides is 2. The zero-order valence-corrected chi connectivity index (χ0v) is 13.4. The summed E-state index contributed by atoms with van der Waals surface area (Å²) in [6.45, 7) is 0.531. The second-order valence-corrected chi connectivity index (χ2v) is 7.27. The summed E-state index contributed by atoms with van der Waals surface area (Å²) >= 11 is 0. The molecule has 0 unspecified atom stereocenters. The van der Waals surface area contributed by atoms with Crippen LogP contribution in [0.1, 0.15) is 56.4 Å². The molecule has 23 heavy (non-hydrogen) atoms. The van der Waals surface area contributed by atoms with Crippen LogP contribution in [0.5, 0.6) is 0 Å².